The van der Waals surface area contributed by atoms with Crippen molar-refractivity contribution in [3.8, 4) is 16.3 Å². The first-order valence-electron chi connectivity index (χ1n) is 6.57. The van der Waals surface area contributed by atoms with Gasteiger partial charge in [-0.2, -0.15) is 0 Å². The summed E-state index contributed by atoms with van der Waals surface area (Å²) < 4.78 is 0.822. The number of rotatable bonds is 4. The average Bonchev–Trinajstić information content (AvgIpc) is 2.97. The number of hydrogen-bond donors (Lipinski definition) is 2. The van der Waals surface area contributed by atoms with E-state index in [-0.39, 0.29) is 18.0 Å². The Labute approximate surface area is 129 Å². The molecule has 3 aromatic rings. The number of aliphatic hydroxyl groups is 1. The van der Waals surface area contributed by atoms with Crippen LogP contribution in [0.5, 0.6) is 5.75 Å². The number of hydrogen-bond acceptors (Lipinski definition) is 6. The average molecular weight is 316 g/mol. The highest BCUT2D eigenvalue weighted by Crippen LogP contribution is 2.37. The summed E-state index contributed by atoms with van der Waals surface area (Å²) in [5, 5.41) is 30.4. The number of phenols is 1. The Morgan fingerprint density at radius 3 is 2.55 bits per heavy atom. The summed E-state index contributed by atoms with van der Waals surface area (Å²) in [6.07, 6.45) is 0.485. The molecule has 1 aromatic heterocycles. The van der Waals surface area contributed by atoms with Crippen LogP contribution < -0.4 is 0 Å². The molecule has 2 N–H and O–H groups in total. The maximum atomic E-state index is 10.7. The number of nitro benzene ring substituents is 1. The van der Waals surface area contributed by atoms with Gasteiger partial charge in [0.2, 0.25) is 0 Å². The zero-order chi connectivity index (χ0) is 15.7. The van der Waals surface area contributed by atoms with Crippen LogP contribution in [-0.2, 0) is 6.42 Å². The molecule has 0 bridgehead atoms. The summed E-state index contributed by atoms with van der Waals surface area (Å²) in [7, 11) is 0. The number of non-ortho nitro benzene ring substituents is 1. The Hall–Kier alpha value is -2.51. The molecule has 22 heavy (non-hydrogen) atoms. The van der Waals surface area contributed by atoms with Crippen LogP contribution in [-0.4, -0.2) is 26.7 Å². The van der Waals surface area contributed by atoms with Crippen LogP contribution in [0.15, 0.2) is 36.4 Å². The lowest BCUT2D eigenvalue weighted by molar-refractivity contribution is -0.384. The summed E-state index contributed by atoms with van der Waals surface area (Å²) in [5.74, 6) is 0.0844. The van der Waals surface area contributed by atoms with E-state index in [0.717, 1.165) is 15.8 Å². The van der Waals surface area contributed by atoms with Crippen molar-refractivity contribution in [3.05, 3.63) is 52.1 Å². The van der Waals surface area contributed by atoms with E-state index in [4.69, 9.17) is 5.11 Å². The van der Waals surface area contributed by atoms with Crippen molar-refractivity contribution in [2.45, 2.75) is 6.42 Å². The Morgan fingerprint density at radius 2 is 1.91 bits per heavy atom. The molecule has 0 fully saturated rings. The quantitative estimate of drug-likeness (QED) is 0.569. The zero-order valence-corrected chi connectivity index (χ0v) is 12.2. The fourth-order valence-electron chi connectivity index (χ4n) is 2.21. The number of aromatic nitrogens is 1. The van der Waals surface area contributed by atoms with Crippen LogP contribution in [0.1, 0.15) is 5.56 Å². The molecule has 0 aliphatic carbocycles. The standard InChI is InChI=1S/C15H12N2O4S/c18-8-7-9-3-6-12(19)13-14(9)22-15(16-13)10-1-4-11(5-2-10)17(20)21/h1-6,18-19H,7-8H2. The van der Waals surface area contributed by atoms with E-state index in [2.05, 4.69) is 4.98 Å². The number of nitro groups is 1. The molecule has 1 heterocycles. The number of aliphatic hydroxyl groups excluding tert-OH is 1. The third-order valence-electron chi connectivity index (χ3n) is 3.31. The molecule has 7 heteroatoms. The van der Waals surface area contributed by atoms with Gasteiger partial charge in [0.15, 0.2) is 0 Å². The van der Waals surface area contributed by atoms with Gasteiger partial charge in [0.1, 0.15) is 16.3 Å². The van der Waals surface area contributed by atoms with E-state index in [9.17, 15) is 15.2 Å². The van der Waals surface area contributed by atoms with Gasteiger partial charge in [-0.25, -0.2) is 4.98 Å². The fourth-order valence-corrected chi connectivity index (χ4v) is 3.34. The maximum absolute atomic E-state index is 10.7. The lowest BCUT2D eigenvalue weighted by Gasteiger charge is -2.00. The van der Waals surface area contributed by atoms with Gasteiger partial charge >= 0.3 is 0 Å². The second kappa shape index (κ2) is 5.70. The smallest absolute Gasteiger partial charge is 0.269 e. The van der Waals surface area contributed by atoms with E-state index in [1.54, 1.807) is 24.3 Å². The summed E-state index contributed by atoms with van der Waals surface area (Å²) in [4.78, 5) is 14.7. The number of phenolic OH excluding ortho intramolecular Hbond substituents is 1. The SMILES string of the molecule is O=[N+]([O-])c1ccc(-c2nc3c(O)ccc(CCO)c3s2)cc1. The van der Waals surface area contributed by atoms with Crippen molar-refractivity contribution in [1.82, 2.24) is 4.98 Å². The first kappa shape index (κ1) is 14.4. The van der Waals surface area contributed by atoms with Gasteiger partial charge in [-0.1, -0.05) is 6.07 Å². The lowest BCUT2D eigenvalue weighted by atomic mass is 10.1. The lowest BCUT2D eigenvalue weighted by Crippen LogP contribution is -1.90. The minimum Gasteiger partial charge on any atom is -0.506 e. The van der Waals surface area contributed by atoms with Crippen LogP contribution in [0.25, 0.3) is 20.8 Å². The van der Waals surface area contributed by atoms with Crippen LogP contribution in [0.2, 0.25) is 0 Å². The van der Waals surface area contributed by atoms with E-state index in [1.807, 2.05) is 0 Å². The van der Waals surface area contributed by atoms with E-state index < -0.39 is 4.92 Å². The van der Waals surface area contributed by atoms with Crippen LogP contribution >= 0.6 is 11.3 Å². The molecule has 0 aliphatic rings. The maximum Gasteiger partial charge on any atom is 0.269 e. The van der Waals surface area contributed by atoms with Crippen molar-refractivity contribution >= 4 is 27.2 Å². The molecule has 0 saturated carbocycles. The third-order valence-corrected chi connectivity index (χ3v) is 4.49. The van der Waals surface area contributed by atoms with Crippen molar-refractivity contribution in [2.24, 2.45) is 0 Å². The molecule has 112 valence electrons. The van der Waals surface area contributed by atoms with Gasteiger partial charge in [0.25, 0.3) is 5.69 Å². The van der Waals surface area contributed by atoms with Crippen LogP contribution in [0.4, 0.5) is 5.69 Å². The molecule has 0 spiro atoms. The molecule has 0 saturated heterocycles. The molecule has 2 aromatic carbocycles. The second-order valence-corrected chi connectivity index (χ2v) is 5.72. The largest absolute Gasteiger partial charge is 0.506 e. The van der Waals surface area contributed by atoms with E-state index in [0.29, 0.717) is 16.9 Å². The zero-order valence-electron chi connectivity index (χ0n) is 11.4. The minimum atomic E-state index is -0.451. The summed E-state index contributed by atoms with van der Waals surface area (Å²) in [6, 6.07) is 9.46. The first-order valence-corrected chi connectivity index (χ1v) is 7.39. The van der Waals surface area contributed by atoms with Gasteiger partial charge in [0.05, 0.1) is 9.62 Å². The predicted octanol–water partition coefficient (Wildman–Crippen LogP) is 3.11. The summed E-state index contributed by atoms with van der Waals surface area (Å²) in [5.41, 5.74) is 2.18. The summed E-state index contributed by atoms with van der Waals surface area (Å²) >= 11 is 1.39. The number of benzene rings is 2. The van der Waals surface area contributed by atoms with Crippen molar-refractivity contribution in [1.29, 1.82) is 0 Å². The highest BCUT2D eigenvalue weighted by atomic mass is 32.1. The van der Waals surface area contributed by atoms with Gasteiger partial charge in [-0.3, -0.25) is 10.1 Å². The first-order chi connectivity index (χ1) is 10.6. The molecular weight excluding hydrogens is 304 g/mol. The van der Waals surface area contributed by atoms with Crippen molar-refractivity contribution < 1.29 is 15.1 Å². The monoisotopic (exact) mass is 316 g/mol. The minimum absolute atomic E-state index is 0.0185. The van der Waals surface area contributed by atoms with Crippen molar-refractivity contribution in [3.63, 3.8) is 0 Å². The van der Waals surface area contributed by atoms with Crippen LogP contribution in [0.3, 0.4) is 0 Å². The summed E-state index contributed by atoms with van der Waals surface area (Å²) in [6.45, 7) is 0.0185. The molecule has 0 aliphatic heterocycles. The number of fused-ring (bicyclic) bond motifs is 1. The van der Waals surface area contributed by atoms with E-state index >= 15 is 0 Å². The Bertz CT molecular complexity index is 843. The van der Waals surface area contributed by atoms with Crippen molar-refractivity contribution in [2.75, 3.05) is 6.61 Å². The number of thiazole rings is 1. The Balaban J connectivity index is 2.09. The van der Waals surface area contributed by atoms with Gasteiger partial charge in [-0.15, -0.1) is 11.3 Å². The second-order valence-electron chi connectivity index (χ2n) is 4.72. The molecule has 3 rings (SSSR count). The number of nitrogens with zero attached hydrogens (tertiary/aromatic N) is 2. The predicted molar refractivity (Wildman–Crippen MR) is 84.2 cm³/mol. The van der Waals surface area contributed by atoms with Crippen LogP contribution in [0, 0.1) is 10.1 Å². The molecule has 6 nitrogen and oxygen atoms in total. The molecule has 0 radical (unpaired) electrons. The molecular formula is C15H12N2O4S. The Kier molecular flexibility index (Phi) is 3.74. The number of aromatic hydroxyl groups is 1. The molecule has 0 atom stereocenters. The van der Waals surface area contributed by atoms with Gasteiger partial charge < -0.3 is 10.2 Å². The molecule has 0 unspecified atom stereocenters. The van der Waals surface area contributed by atoms with Gasteiger partial charge in [-0.05, 0) is 30.2 Å². The Morgan fingerprint density at radius 1 is 1.18 bits per heavy atom. The molecule has 0 amide bonds. The highest BCUT2D eigenvalue weighted by molar-refractivity contribution is 7.21. The highest BCUT2D eigenvalue weighted by Gasteiger charge is 2.14. The normalized spacial score (nSPS) is 11.0. The fraction of sp³-hybridized carbons (Fsp3) is 0.133. The van der Waals surface area contributed by atoms with Gasteiger partial charge in [0, 0.05) is 24.3 Å². The third kappa shape index (κ3) is 2.51. The van der Waals surface area contributed by atoms with E-state index in [1.165, 1.54) is 23.5 Å². The topological polar surface area (TPSA) is 96.5 Å².